The van der Waals surface area contributed by atoms with Crippen LogP contribution < -0.4 is 0 Å². The molecule has 0 radical (unpaired) electrons. The first-order chi connectivity index (χ1) is 8.25. The molecular formula is C12H14BrN3O. The minimum Gasteiger partial charge on any atom is -0.356 e. The zero-order chi connectivity index (χ0) is 11.8. The smallest absolute Gasteiger partial charge is 0.150 e. The van der Waals surface area contributed by atoms with E-state index in [4.69, 9.17) is 4.74 Å². The first-order valence-electron chi connectivity index (χ1n) is 5.87. The highest BCUT2D eigenvalue weighted by Crippen LogP contribution is 2.28. The summed E-state index contributed by atoms with van der Waals surface area (Å²) >= 11 is 3.46. The molecule has 2 aromatic rings. The maximum Gasteiger partial charge on any atom is 0.150 e. The van der Waals surface area contributed by atoms with Gasteiger partial charge in [0.05, 0.1) is 11.2 Å². The number of ether oxygens (including phenoxy) is 1. The molecule has 1 fully saturated rings. The molecule has 4 nitrogen and oxygen atoms in total. The molecule has 1 atom stereocenters. The van der Waals surface area contributed by atoms with E-state index in [2.05, 4.69) is 32.1 Å². The first-order valence-corrected chi connectivity index (χ1v) is 6.67. The SMILES string of the molecule is Cc1nn(C2CCCCO2)c2cc(Br)cnc12. The van der Waals surface area contributed by atoms with Gasteiger partial charge in [0.15, 0.2) is 6.23 Å². The average Bonchev–Trinajstić information content (AvgIpc) is 2.67. The van der Waals surface area contributed by atoms with Crippen LogP contribution in [0.1, 0.15) is 31.2 Å². The Balaban J connectivity index is 2.11. The molecule has 17 heavy (non-hydrogen) atoms. The molecule has 1 saturated heterocycles. The van der Waals surface area contributed by atoms with Gasteiger partial charge in [-0.15, -0.1) is 0 Å². The summed E-state index contributed by atoms with van der Waals surface area (Å²) in [4.78, 5) is 4.41. The number of aryl methyl sites for hydroxylation is 1. The van der Waals surface area contributed by atoms with Crippen LogP contribution in [0.15, 0.2) is 16.7 Å². The topological polar surface area (TPSA) is 39.9 Å². The van der Waals surface area contributed by atoms with Gasteiger partial charge in [0.25, 0.3) is 0 Å². The van der Waals surface area contributed by atoms with E-state index < -0.39 is 0 Å². The van der Waals surface area contributed by atoms with Crippen LogP contribution >= 0.6 is 15.9 Å². The Morgan fingerprint density at radius 1 is 1.47 bits per heavy atom. The van der Waals surface area contributed by atoms with E-state index in [0.29, 0.717) is 0 Å². The number of fused-ring (bicyclic) bond motifs is 1. The number of nitrogens with zero attached hydrogens (tertiary/aromatic N) is 3. The van der Waals surface area contributed by atoms with Gasteiger partial charge in [0.2, 0.25) is 0 Å². The van der Waals surface area contributed by atoms with Crippen molar-refractivity contribution >= 4 is 27.0 Å². The van der Waals surface area contributed by atoms with Crippen molar-refractivity contribution in [2.24, 2.45) is 0 Å². The Bertz CT molecular complexity index is 546. The van der Waals surface area contributed by atoms with Crippen LogP contribution in [0.2, 0.25) is 0 Å². The van der Waals surface area contributed by atoms with Gasteiger partial charge in [-0.25, -0.2) is 4.68 Å². The van der Waals surface area contributed by atoms with Crippen molar-refractivity contribution in [1.82, 2.24) is 14.8 Å². The molecule has 0 N–H and O–H groups in total. The van der Waals surface area contributed by atoms with Crippen molar-refractivity contribution in [3.8, 4) is 0 Å². The van der Waals surface area contributed by atoms with Crippen LogP contribution in [-0.4, -0.2) is 21.4 Å². The average molecular weight is 296 g/mol. The van der Waals surface area contributed by atoms with Crippen molar-refractivity contribution in [3.05, 3.63) is 22.4 Å². The third kappa shape index (κ3) is 1.98. The Morgan fingerprint density at radius 3 is 3.12 bits per heavy atom. The Morgan fingerprint density at radius 2 is 2.35 bits per heavy atom. The molecule has 3 rings (SSSR count). The van der Waals surface area contributed by atoms with Gasteiger partial charge in [-0.1, -0.05) is 0 Å². The summed E-state index contributed by atoms with van der Waals surface area (Å²) in [5.41, 5.74) is 2.97. The third-order valence-corrected chi connectivity index (χ3v) is 3.54. The summed E-state index contributed by atoms with van der Waals surface area (Å²) in [6.07, 6.45) is 5.26. The summed E-state index contributed by atoms with van der Waals surface area (Å²) in [5.74, 6) is 0. The summed E-state index contributed by atoms with van der Waals surface area (Å²) in [6.45, 7) is 2.81. The predicted molar refractivity (Wildman–Crippen MR) is 68.8 cm³/mol. The molecule has 0 amide bonds. The lowest BCUT2D eigenvalue weighted by atomic mass is 10.2. The molecule has 5 heteroatoms. The second-order valence-electron chi connectivity index (χ2n) is 4.37. The van der Waals surface area contributed by atoms with Gasteiger partial charge >= 0.3 is 0 Å². The normalized spacial score (nSPS) is 20.9. The van der Waals surface area contributed by atoms with Crippen LogP contribution in [0.5, 0.6) is 0 Å². The highest BCUT2D eigenvalue weighted by molar-refractivity contribution is 9.10. The van der Waals surface area contributed by atoms with E-state index in [-0.39, 0.29) is 6.23 Å². The maximum absolute atomic E-state index is 5.78. The molecule has 0 saturated carbocycles. The number of halogens is 1. The molecule has 1 aliphatic heterocycles. The van der Waals surface area contributed by atoms with Crippen LogP contribution in [0, 0.1) is 6.92 Å². The quantitative estimate of drug-likeness (QED) is 0.811. The van der Waals surface area contributed by atoms with Gasteiger partial charge < -0.3 is 4.74 Å². The Labute approximate surface area is 108 Å². The molecule has 1 unspecified atom stereocenters. The number of pyridine rings is 1. The van der Waals surface area contributed by atoms with Crippen LogP contribution in [0.4, 0.5) is 0 Å². The Kier molecular flexibility index (Phi) is 2.88. The van der Waals surface area contributed by atoms with Crippen molar-refractivity contribution in [3.63, 3.8) is 0 Å². The second kappa shape index (κ2) is 4.38. The summed E-state index contributed by atoms with van der Waals surface area (Å²) in [7, 11) is 0. The lowest BCUT2D eigenvalue weighted by Gasteiger charge is -2.23. The predicted octanol–water partition coefficient (Wildman–Crippen LogP) is 3.20. The van der Waals surface area contributed by atoms with E-state index in [1.54, 1.807) is 0 Å². The first kappa shape index (κ1) is 11.2. The van der Waals surface area contributed by atoms with Gasteiger partial charge in [0.1, 0.15) is 5.52 Å². The molecule has 3 heterocycles. The van der Waals surface area contributed by atoms with Crippen molar-refractivity contribution in [2.75, 3.05) is 6.61 Å². The maximum atomic E-state index is 5.78. The van der Waals surface area contributed by atoms with Gasteiger partial charge in [0, 0.05) is 17.3 Å². The van der Waals surface area contributed by atoms with E-state index in [9.17, 15) is 0 Å². The van der Waals surface area contributed by atoms with Gasteiger partial charge in [-0.2, -0.15) is 5.10 Å². The fourth-order valence-electron chi connectivity index (χ4n) is 2.28. The lowest BCUT2D eigenvalue weighted by molar-refractivity contribution is -0.0368. The lowest BCUT2D eigenvalue weighted by Crippen LogP contribution is -2.19. The highest BCUT2D eigenvalue weighted by atomic mass is 79.9. The minimum atomic E-state index is 0.0658. The molecule has 2 aromatic heterocycles. The highest BCUT2D eigenvalue weighted by Gasteiger charge is 2.20. The molecule has 0 spiro atoms. The number of hydrogen-bond donors (Lipinski definition) is 0. The van der Waals surface area contributed by atoms with E-state index in [0.717, 1.165) is 40.6 Å². The van der Waals surface area contributed by atoms with E-state index >= 15 is 0 Å². The largest absolute Gasteiger partial charge is 0.356 e. The zero-order valence-electron chi connectivity index (χ0n) is 9.69. The van der Waals surface area contributed by atoms with E-state index in [1.807, 2.05) is 17.8 Å². The monoisotopic (exact) mass is 295 g/mol. The van der Waals surface area contributed by atoms with Crippen LogP contribution in [-0.2, 0) is 4.74 Å². The molecule has 0 aliphatic carbocycles. The van der Waals surface area contributed by atoms with Crippen LogP contribution in [0.3, 0.4) is 0 Å². The third-order valence-electron chi connectivity index (χ3n) is 3.11. The second-order valence-corrected chi connectivity index (χ2v) is 5.29. The van der Waals surface area contributed by atoms with Crippen molar-refractivity contribution in [1.29, 1.82) is 0 Å². The fraction of sp³-hybridized carbons (Fsp3) is 0.500. The molecular weight excluding hydrogens is 282 g/mol. The van der Waals surface area contributed by atoms with Crippen molar-refractivity contribution < 1.29 is 4.74 Å². The Hall–Kier alpha value is -0.940. The molecule has 90 valence electrons. The number of hydrogen-bond acceptors (Lipinski definition) is 3. The molecule has 0 bridgehead atoms. The minimum absolute atomic E-state index is 0.0658. The fourth-order valence-corrected chi connectivity index (χ4v) is 2.60. The zero-order valence-corrected chi connectivity index (χ0v) is 11.3. The molecule has 1 aliphatic rings. The summed E-state index contributed by atoms with van der Waals surface area (Å²) in [5, 5.41) is 4.56. The standard InChI is InChI=1S/C12H14BrN3O/c1-8-12-10(6-9(13)7-14-12)16(15-8)11-4-2-3-5-17-11/h6-7,11H,2-5H2,1H3. The number of rotatable bonds is 1. The summed E-state index contributed by atoms with van der Waals surface area (Å²) in [6, 6.07) is 2.06. The van der Waals surface area contributed by atoms with Gasteiger partial charge in [-0.05, 0) is 48.2 Å². The van der Waals surface area contributed by atoms with E-state index in [1.165, 1.54) is 6.42 Å². The van der Waals surface area contributed by atoms with Crippen molar-refractivity contribution in [2.45, 2.75) is 32.4 Å². The number of aromatic nitrogens is 3. The van der Waals surface area contributed by atoms with Crippen LogP contribution in [0.25, 0.3) is 11.0 Å². The van der Waals surface area contributed by atoms with Gasteiger partial charge in [-0.3, -0.25) is 4.98 Å². The summed E-state index contributed by atoms with van der Waals surface area (Å²) < 4.78 is 8.73. The molecule has 0 aromatic carbocycles.